The molecule has 98 valence electrons. The summed E-state index contributed by atoms with van der Waals surface area (Å²) >= 11 is 6.05. The van der Waals surface area contributed by atoms with Gasteiger partial charge < -0.3 is 0 Å². The van der Waals surface area contributed by atoms with Gasteiger partial charge in [0.15, 0.2) is 5.65 Å². The molecule has 0 aliphatic heterocycles. The molecule has 0 spiro atoms. The summed E-state index contributed by atoms with van der Waals surface area (Å²) in [7, 11) is 1.79. The van der Waals surface area contributed by atoms with E-state index in [9.17, 15) is 0 Å². The molecule has 0 bridgehead atoms. The molecule has 0 atom stereocenters. The van der Waals surface area contributed by atoms with Crippen LogP contribution in [0.2, 0.25) is 5.15 Å². The average molecular weight is 285 g/mol. The molecule has 4 aromatic rings. The Morgan fingerprint density at radius 2 is 2.05 bits per heavy atom. The molecule has 0 N–H and O–H groups in total. The van der Waals surface area contributed by atoms with E-state index in [4.69, 9.17) is 11.6 Å². The third-order valence-electron chi connectivity index (χ3n) is 3.20. The van der Waals surface area contributed by atoms with Crippen LogP contribution in [0.1, 0.15) is 0 Å². The fourth-order valence-corrected chi connectivity index (χ4v) is 2.38. The number of hydrogen-bond donors (Lipinski definition) is 0. The first-order valence-corrected chi connectivity index (χ1v) is 6.40. The zero-order chi connectivity index (χ0) is 13.7. The molecule has 0 fully saturated rings. The molecule has 4 rings (SSSR count). The van der Waals surface area contributed by atoms with Crippen molar-refractivity contribution < 1.29 is 0 Å². The summed E-state index contributed by atoms with van der Waals surface area (Å²) in [5.41, 5.74) is 3.83. The lowest BCUT2D eigenvalue weighted by atomic mass is 10.2. The lowest BCUT2D eigenvalue weighted by Crippen LogP contribution is -1.96. The van der Waals surface area contributed by atoms with Crippen LogP contribution in [0.5, 0.6) is 0 Å². The Hall–Kier alpha value is -2.47. The zero-order valence-electron chi connectivity index (χ0n) is 10.5. The number of rotatable bonds is 1. The van der Waals surface area contributed by atoms with Crippen LogP contribution >= 0.6 is 11.6 Å². The van der Waals surface area contributed by atoms with Crippen molar-refractivity contribution >= 4 is 28.3 Å². The fourth-order valence-electron chi connectivity index (χ4n) is 2.24. The highest BCUT2D eigenvalue weighted by atomic mass is 35.5. The number of aryl methyl sites for hydroxylation is 1. The Labute approximate surface area is 118 Å². The number of benzene rings is 1. The lowest BCUT2D eigenvalue weighted by molar-refractivity contribution is 0.771. The maximum atomic E-state index is 6.05. The van der Waals surface area contributed by atoms with Gasteiger partial charge in [0.1, 0.15) is 22.9 Å². The minimum absolute atomic E-state index is 0.549. The third-order valence-corrected chi connectivity index (χ3v) is 3.55. The van der Waals surface area contributed by atoms with E-state index in [2.05, 4.69) is 20.3 Å². The van der Waals surface area contributed by atoms with Crippen LogP contribution in [0.4, 0.5) is 0 Å². The van der Waals surface area contributed by atoms with E-state index in [-0.39, 0.29) is 0 Å². The summed E-state index contributed by atoms with van der Waals surface area (Å²) in [6.07, 6.45) is 1.67. The van der Waals surface area contributed by atoms with E-state index in [0.717, 1.165) is 11.0 Å². The largest absolute Gasteiger partial charge is 0.278 e. The van der Waals surface area contributed by atoms with Gasteiger partial charge >= 0.3 is 0 Å². The summed E-state index contributed by atoms with van der Waals surface area (Å²) < 4.78 is 3.50. The Balaban J connectivity index is 2.13. The molecule has 0 amide bonds. The number of para-hydroxylation sites is 2. The molecule has 20 heavy (non-hydrogen) atoms. The SMILES string of the molecule is Cn1nc(-c2nc3ccccc3n3cnnc23)cc1Cl. The molecule has 0 radical (unpaired) electrons. The highest BCUT2D eigenvalue weighted by molar-refractivity contribution is 6.29. The van der Waals surface area contributed by atoms with E-state index in [1.165, 1.54) is 0 Å². The van der Waals surface area contributed by atoms with Gasteiger partial charge in [0.2, 0.25) is 0 Å². The maximum absolute atomic E-state index is 6.05. The number of fused-ring (bicyclic) bond motifs is 3. The van der Waals surface area contributed by atoms with E-state index >= 15 is 0 Å². The molecule has 0 aliphatic carbocycles. The number of halogens is 1. The molecular formula is C13H9ClN6. The minimum Gasteiger partial charge on any atom is -0.278 e. The monoisotopic (exact) mass is 284 g/mol. The quantitative estimate of drug-likeness (QED) is 0.538. The Morgan fingerprint density at radius 1 is 1.20 bits per heavy atom. The number of aromatic nitrogens is 6. The molecule has 7 heteroatoms. The summed E-state index contributed by atoms with van der Waals surface area (Å²) in [4.78, 5) is 4.64. The van der Waals surface area contributed by atoms with Crippen LogP contribution < -0.4 is 0 Å². The zero-order valence-corrected chi connectivity index (χ0v) is 11.3. The van der Waals surface area contributed by atoms with Crippen LogP contribution in [0.15, 0.2) is 36.7 Å². The molecule has 0 saturated carbocycles. The van der Waals surface area contributed by atoms with Gasteiger partial charge in [0.05, 0.1) is 11.0 Å². The first-order chi connectivity index (χ1) is 9.74. The molecule has 3 aromatic heterocycles. The van der Waals surface area contributed by atoms with Gasteiger partial charge in [-0.2, -0.15) is 5.10 Å². The Kier molecular flexibility index (Phi) is 2.28. The van der Waals surface area contributed by atoms with Crippen LogP contribution in [0, 0.1) is 0 Å². The van der Waals surface area contributed by atoms with Crippen molar-refractivity contribution in [2.24, 2.45) is 7.05 Å². The number of nitrogens with zero attached hydrogens (tertiary/aromatic N) is 6. The van der Waals surface area contributed by atoms with Crippen molar-refractivity contribution in [3.8, 4) is 11.4 Å². The first-order valence-electron chi connectivity index (χ1n) is 6.02. The predicted octanol–water partition coefficient (Wildman–Crippen LogP) is 2.33. The van der Waals surface area contributed by atoms with Gasteiger partial charge in [-0.25, -0.2) is 4.98 Å². The second kappa shape index (κ2) is 4.01. The van der Waals surface area contributed by atoms with Gasteiger partial charge in [0, 0.05) is 13.1 Å². The van der Waals surface area contributed by atoms with Gasteiger partial charge in [-0.15, -0.1) is 10.2 Å². The van der Waals surface area contributed by atoms with Crippen molar-refractivity contribution in [1.82, 2.24) is 29.4 Å². The average Bonchev–Trinajstić information content (AvgIpc) is 3.06. The van der Waals surface area contributed by atoms with Crippen LogP contribution in [-0.2, 0) is 7.05 Å². The van der Waals surface area contributed by atoms with Crippen molar-refractivity contribution in [3.63, 3.8) is 0 Å². The maximum Gasteiger partial charge on any atom is 0.189 e. The van der Waals surface area contributed by atoms with Crippen molar-refractivity contribution in [3.05, 3.63) is 41.8 Å². The molecule has 1 aromatic carbocycles. The standard InChI is InChI=1S/C13H9ClN6/c1-19-11(14)6-9(18-19)12-13-17-15-7-20(13)10-5-3-2-4-8(10)16-12/h2-7H,1H3. The summed E-state index contributed by atoms with van der Waals surface area (Å²) in [6, 6.07) is 9.60. The molecule has 0 aliphatic rings. The van der Waals surface area contributed by atoms with Gasteiger partial charge in [0.25, 0.3) is 0 Å². The first kappa shape index (κ1) is 11.4. The van der Waals surface area contributed by atoms with Crippen molar-refractivity contribution in [2.45, 2.75) is 0 Å². The molecule has 0 saturated heterocycles. The van der Waals surface area contributed by atoms with Gasteiger partial charge in [-0.3, -0.25) is 9.08 Å². The summed E-state index contributed by atoms with van der Waals surface area (Å²) in [6.45, 7) is 0. The van der Waals surface area contributed by atoms with Crippen molar-refractivity contribution in [1.29, 1.82) is 0 Å². The lowest BCUT2D eigenvalue weighted by Gasteiger charge is -2.04. The van der Waals surface area contributed by atoms with E-state index in [1.54, 1.807) is 24.1 Å². The second-order valence-electron chi connectivity index (χ2n) is 4.45. The van der Waals surface area contributed by atoms with E-state index in [0.29, 0.717) is 22.2 Å². The van der Waals surface area contributed by atoms with E-state index < -0.39 is 0 Å². The van der Waals surface area contributed by atoms with E-state index in [1.807, 2.05) is 28.7 Å². The smallest absolute Gasteiger partial charge is 0.189 e. The highest BCUT2D eigenvalue weighted by Gasteiger charge is 2.15. The molecule has 0 unspecified atom stereocenters. The second-order valence-corrected chi connectivity index (χ2v) is 4.84. The fraction of sp³-hybridized carbons (Fsp3) is 0.0769. The van der Waals surface area contributed by atoms with Gasteiger partial charge in [-0.05, 0) is 12.1 Å². The van der Waals surface area contributed by atoms with Gasteiger partial charge in [-0.1, -0.05) is 23.7 Å². The van der Waals surface area contributed by atoms with Crippen LogP contribution in [0.3, 0.4) is 0 Å². The highest BCUT2D eigenvalue weighted by Crippen LogP contribution is 2.25. The molecule has 6 nitrogen and oxygen atoms in total. The minimum atomic E-state index is 0.549. The predicted molar refractivity (Wildman–Crippen MR) is 75.5 cm³/mol. The van der Waals surface area contributed by atoms with Crippen LogP contribution in [0.25, 0.3) is 28.1 Å². The van der Waals surface area contributed by atoms with Crippen LogP contribution in [-0.4, -0.2) is 29.4 Å². The topological polar surface area (TPSA) is 60.9 Å². The van der Waals surface area contributed by atoms with Crippen molar-refractivity contribution in [2.75, 3.05) is 0 Å². The third kappa shape index (κ3) is 1.51. The normalized spacial score (nSPS) is 11.5. The summed E-state index contributed by atoms with van der Waals surface area (Å²) in [5, 5.41) is 13.0. The molecule has 3 heterocycles. The Morgan fingerprint density at radius 3 is 2.85 bits per heavy atom. The Bertz CT molecular complexity index is 919. The molecular weight excluding hydrogens is 276 g/mol. The summed E-state index contributed by atoms with van der Waals surface area (Å²) in [5.74, 6) is 0. The number of hydrogen-bond acceptors (Lipinski definition) is 4.